The SMILES string of the molecule is CCO/N=C(\C)c1ccc(S(C)(=O)=O)c(N)n1. The number of nitrogen functional groups attached to an aromatic ring is 1. The summed E-state index contributed by atoms with van der Waals surface area (Å²) in [6.07, 6.45) is 1.08. The second-order valence-electron chi connectivity index (χ2n) is 3.45. The Hall–Kier alpha value is -1.63. The first kappa shape index (κ1) is 13.4. The van der Waals surface area contributed by atoms with E-state index < -0.39 is 9.84 Å². The number of hydrogen-bond donors (Lipinski definition) is 1. The molecule has 0 aromatic carbocycles. The summed E-state index contributed by atoms with van der Waals surface area (Å²) in [5.74, 6) is -0.0314. The molecule has 0 amide bonds. The first-order chi connectivity index (χ1) is 7.86. The molecule has 0 saturated carbocycles. The van der Waals surface area contributed by atoms with Gasteiger partial charge in [0.2, 0.25) is 0 Å². The van der Waals surface area contributed by atoms with Gasteiger partial charge in [-0.1, -0.05) is 5.16 Å². The first-order valence-electron chi connectivity index (χ1n) is 4.99. The summed E-state index contributed by atoms with van der Waals surface area (Å²) >= 11 is 0. The average molecular weight is 257 g/mol. The van der Waals surface area contributed by atoms with E-state index in [-0.39, 0.29) is 10.7 Å². The number of nitrogens with two attached hydrogens (primary N) is 1. The summed E-state index contributed by atoms with van der Waals surface area (Å²) in [5.41, 5.74) is 6.62. The Morgan fingerprint density at radius 1 is 1.53 bits per heavy atom. The molecule has 0 radical (unpaired) electrons. The standard InChI is InChI=1S/C10H15N3O3S/c1-4-16-13-7(2)8-5-6-9(10(11)12-8)17(3,14)15/h5-6H,4H2,1-3H3,(H2,11,12)/b13-7+. The smallest absolute Gasteiger partial charge is 0.179 e. The van der Waals surface area contributed by atoms with Crippen molar-refractivity contribution in [2.45, 2.75) is 18.7 Å². The van der Waals surface area contributed by atoms with E-state index in [2.05, 4.69) is 10.1 Å². The maximum atomic E-state index is 11.3. The van der Waals surface area contributed by atoms with Gasteiger partial charge in [0, 0.05) is 6.26 Å². The van der Waals surface area contributed by atoms with Gasteiger partial charge >= 0.3 is 0 Å². The Labute approximate surface area is 100 Å². The Kier molecular flexibility index (Phi) is 4.06. The second-order valence-corrected chi connectivity index (χ2v) is 5.43. The van der Waals surface area contributed by atoms with Crippen molar-refractivity contribution in [2.24, 2.45) is 5.16 Å². The van der Waals surface area contributed by atoms with Crippen molar-refractivity contribution in [2.75, 3.05) is 18.6 Å². The number of oxime groups is 1. The molecule has 94 valence electrons. The second kappa shape index (κ2) is 5.13. The third-order valence-corrected chi connectivity index (χ3v) is 3.13. The fourth-order valence-electron chi connectivity index (χ4n) is 1.19. The van der Waals surface area contributed by atoms with Crippen LogP contribution in [0.5, 0.6) is 0 Å². The molecule has 2 N–H and O–H groups in total. The third kappa shape index (κ3) is 3.42. The van der Waals surface area contributed by atoms with E-state index in [9.17, 15) is 8.42 Å². The molecule has 0 bridgehead atoms. The molecule has 0 saturated heterocycles. The van der Waals surface area contributed by atoms with Crippen LogP contribution in [-0.4, -0.2) is 32.0 Å². The molecule has 0 fully saturated rings. The van der Waals surface area contributed by atoms with Crippen molar-refractivity contribution in [3.63, 3.8) is 0 Å². The summed E-state index contributed by atoms with van der Waals surface area (Å²) in [7, 11) is -3.35. The third-order valence-electron chi connectivity index (χ3n) is 1.99. The van der Waals surface area contributed by atoms with E-state index >= 15 is 0 Å². The Balaban J connectivity index is 3.14. The van der Waals surface area contributed by atoms with Gasteiger partial charge < -0.3 is 10.6 Å². The van der Waals surface area contributed by atoms with Gasteiger partial charge in [-0.05, 0) is 26.0 Å². The molecule has 1 aromatic rings. The lowest BCUT2D eigenvalue weighted by Crippen LogP contribution is -2.08. The van der Waals surface area contributed by atoms with Crippen LogP contribution in [0.3, 0.4) is 0 Å². The minimum atomic E-state index is -3.35. The number of pyridine rings is 1. The van der Waals surface area contributed by atoms with Crippen LogP contribution in [0.1, 0.15) is 19.5 Å². The summed E-state index contributed by atoms with van der Waals surface area (Å²) in [5, 5.41) is 3.79. The van der Waals surface area contributed by atoms with Crippen LogP contribution >= 0.6 is 0 Å². The maximum absolute atomic E-state index is 11.3. The Morgan fingerprint density at radius 3 is 2.65 bits per heavy atom. The molecule has 1 rings (SSSR count). The van der Waals surface area contributed by atoms with Gasteiger partial charge in [0.15, 0.2) is 9.84 Å². The number of anilines is 1. The molecule has 0 aliphatic rings. The van der Waals surface area contributed by atoms with E-state index in [1.165, 1.54) is 6.07 Å². The maximum Gasteiger partial charge on any atom is 0.179 e. The first-order valence-corrected chi connectivity index (χ1v) is 6.89. The Bertz CT molecular complexity index is 538. The highest BCUT2D eigenvalue weighted by Crippen LogP contribution is 2.16. The zero-order valence-electron chi connectivity index (χ0n) is 9.97. The predicted octanol–water partition coefficient (Wildman–Crippen LogP) is 0.828. The highest BCUT2D eigenvalue weighted by atomic mass is 32.2. The molecule has 1 heterocycles. The molecule has 6 nitrogen and oxygen atoms in total. The zero-order chi connectivity index (χ0) is 13.1. The van der Waals surface area contributed by atoms with Crippen molar-refractivity contribution in [3.8, 4) is 0 Å². The minimum absolute atomic E-state index is 0.0189. The lowest BCUT2D eigenvalue weighted by atomic mass is 10.2. The van der Waals surface area contributed by atoms with Gasteiger partial charge in [-0.25, -0.2) is 13.4 Å². The van der Waals surface area contributed by atoms with E-state index in [4.69, 9.17) is 10.6 Å². The van der Waals surface area contributed by atoms with Crippen LogP contribution in [0.2, 0.25) is 0 Å². The molecular weight excluding hydrogens is 242 g/mol. The number of sulfone groups is 1. The monoisotopic (exact) mass is 257 g/mol. The van der Waals surface area contributed by atoms with Crippen LogP contribution in [0.15, 0.2) is 22.2 Å². The normalized spacial score (nSPS) is 12.5. The summed E-state index contributed by atoms with van der Waals surface area (Å²) in [6, 6.07) is 2.96. The molecule has 0 aliphatic carbocycles. The van der Waals surface area contributed by atoms with Crippen molar-refractivity contribution in [1.82, 2.24) is 4.98 Å². The number of nitrogens with zero attached hydrogens (tertiary/aromatic N) is 2. The molecule has 17 heavy (non-hydrogen) atoms. The van der Waals surface area contributed by atoms with Crippen LogP contribution in [0, 0.1) is 0 Å². The van der Waals surface area contributed by atoms with E-state index in [1.807, 2.05) is 6.92 Å². The molecule has 0 unspecified atom stereocenters. The van der Waals surface area contributed by atoms with Gasteiger partial charge in [-0.15, -0.1) is 0 Å². The van der Waals surface area contributed by atoms with Crippen molar-refractivity contribution < 1.29 is 13.3 Å². The quantitative estimate of drug-likeness (QED) is 0.636. The average Bonchev–Trinajstić information content (AvgIpc) is 2.23. The summed E-state index contributed by atoms with van der Waals surface area (Å²) in [4.78, 5) is 8.88. The fraction of sp³-hybridized carbons (Fsp3) is 0.400. The van der Waals surface area contributed by atoms with Gasteiger partial charge in [0.05, 0.1) is 5.69 Å². The van der Waals surface area contributed by atoms with Crippen LogP contribution in [-0.2, 0) is 14.7 Å². The van der Waals surface area contributed by atoms with E-state index in [0.29, 0.717) is 18.0 Å². The number of aromatic nitrogens is 1. The number of rotatable bonds is 4. The van der Waals surface area contributed by atoms with Crippen molar-refractivity contribution >= 4 is 21.4 Å². The minimum Gasteiger partial charge on any atom is -0.396 e. The highest BCUT2D eigenvalue weighted by molar-refractivity contribution is 7.90. The van der Waals surface area contributed by atoms with Gasteiger partial charge in [-0.3, -0.25) is 0 Å². The van der Waals surface area contributed by atoms with Crippen LogP contribution in [0.4, 0.5) is 5.82 Å². The Morgan fingerprint density at radius 2 is 2.18 bits per heavy atom. The lowest BCUT2D eigenvalue weighted by molar-refractivity contribution is 0.159. The molecular formula is C10H15N3O3S. The molecule has 0 aliphatic heterocycles. The fourth-order valence-corrected chi connectivity index (χ4v) is 1.93. The molecule has 1 aromatic heterocycles. The van der Waals surface area contributed by atoms with Crippen molar-refractivity contribution in [1.29, 1.82) is 0 Å². The van der Waals surface area contributed by atoms with Crippen molar-refractivity contribution in [3.05, 3.63) is 17.8 Å². The summed E-state index contributed by atoms with van der Waals surface area (Å²) in [6.45, 7) is 3.97. The largest absolute Gasteiger partial charge is 0.396 e. The number of hydrogen-bond acceptors (Lipinski definition) is 6. The molecule has 7 heteroatoms. The van der Waals surface area contributed by atoms with E-state index in [1.54, 1.807) is 13.0 Å². The van der Waals surface area contributed by atoms with Crippen LogP contribution in [0.25, 0.3) is 0 Å². The lowest BCUT2D eigenvalue weighted by Gasteiger charge is -2.05. The molecule has 0 atom stereocenters. The molecule has 0 spiro atoms. The van der Waals surface area contributed by atoms with Gasteiger partial charge in [0.25, 0.3) is 0 Å². The highest BCUT2D eigenvalue weighted by Gasteiger charge is 2.13. The van der Waals surface area contributed by atoms with Crippen LogP contribution < -0.4 is 5.73 Å². The summed E-state index contributed by atoms with van der Waals surface area (Å²) < 4.78 is 22.7. The van der Waals surface area contributed by atoms with Gasteiger partial charge in [0.1, 0.15) is 23.0 Å². The zero-order valence-corrected chi connectivity index (χ0v) is 10.8. The van der Waals surface area contributed by atoms with Gasteiger partial charge in [-0.2, -0.15) is 0 Å². The topological polar surface area (TPSA) is 94.6 Å². The van der Waals surface area contributed by atoms with E-state index in [0.717, 1.165) is 6.26 Å². The predicted molar refractivity (Wildman–Crippen MR) is 65.6 cm³/mol.